The number of nitrogens with one attached hydrogen (secondary N) is 1. The molecule has 0 saturated heterocycles. The molecule has 0 aliphatic carbocycles. The first kappa shape index (κ1) is 15.4. The predicted molar refractivity (Wildman–Crippen MR) is 79.3 cm³/mol. The van der Waals surface area contributed by atoms with Gasteiger partial charge in [0.05, 0.1) is 6.04 Å². The first-order valence-corrected chi connectivity index (χ1v) is 7.03. The minimum atomic E-state index is -0.875. The molecule has 2 nitrogen and oxygen atoms in total. The van der Waals surface area contributed by atoms with Crippen LogP contribution in [0.15, 0.2) is 40.9 Å². The Balaban J connectivity index is 2.26. The third-order valence-corrected chi connectivity index (χ3v) is 3.78. The number of hydrazine groups is 1. The van der Waals surface area contributed by atoms with E-state index in [1.807, 2.05) is 12.1 Å². The topological polar surface area (TPSA) is 38.0 Å². The summed E-state index contributed by atoms with van der Waals surface area (Å²) in [4.78, 5) is 0. The van der Waals surface area contributed by atoms with E-state index in [1.165, 1.54) is 6.07 Å². The minimum Gasteiger partial charge on any atom is -0.271 e. The van der Waals surface area contributed by atoms with Crippen molar-refractivity contribution in [1.29, 1.82) is 0 Å². The van der Waals surface area contributed by atoms with Crippen molar-refractivity contribution in [2.24, 2.45) is 5.84 Å². The highest BCUT2D eigenvalue weighted by Crippen LogP contribution is 2.28. The zero-order chi connectivity index (χ0) is 14.7. The summed E-state index contributed by atoms with van der Waals surface area (Å²) in [5.41, 5.74) is 4.07. The summed E-state index contributed by atoms with van der Waals surface area (Å²) in [7, 11) is 0. The first-order chi connectivity index (χ1) is 9.51. The van der Waals surface area contributed by atoms with Crippen LogP contribution < -0.4 is 11.3 Å². The van der Waals surface area contributed by atoms with E-state index in [0.29, 0.717) is 17.0 Å². The molecule has 106 valence electrons. The van der Waals surface area contributed by atoms with Crippen LogP contribution in [0, 0.1) is 11.6 Å². The molecule has 20 heavy (non-hydrogen) atoms. The molecule has 0 fully saturated rings. The van der Waals surface area contributed by atoms with Gasteiger partial charge in [-0.2, -0.15) is 0 Å². The molecule has 1 unspecified atom stereocenters. The molecule has 0 aliphatic rings. The van der Waals surface area contributed by atoms with E-state index in [0.717, 1.165) is 22.2 Å². The summed E-state index contributed by atoms with van der Waals surface area (Å²) in [5, 5.41) is 0.546. The van der Waals surface area contributed by atoms with Crippen LogP contribution in [0.4, 0.5) is 8.78 Å². The fraction of sp³-hybridized carbons (Fsp3) is 0.143. The van der Waals surface area contributed by atoms with Crippen LogP contribution in [-0.2, 0) is 6.42 Å². The van der Waals surface area contributed by atoms with Crippen molar-refractivity contribution in [3.8, 4) is 0 Å². The van der Waals surface area contributed by atoms with Gasteiger partial charge in [-0.1, -0.05) is 39.7 Å². The summed E-state index contributed by atoms with van der Waals surface area (Å²) < 4.78 is 27.0. The van der Waals surface area contributed by atoms with E-state index in [2.05, 4.69) is 21.4 Å². The minimum absolute atomic E-state index is 0.291. The summed E-state index contributed by atoms with van der Waals surface area (Å²) >= 11 is 9.49. The lowest BCUT2D eigenvalue weighted by molar-refractivity contribution is 0.502. The van der Waals surface area contributed by atoms with Crippen molar-refractivity contribution in [2.45, 2.75) is 12.5 Å². The second kappa shape index (κ2) is 6.63. The monoisotopic (exact) mass is 360 g/mol. The van der Waals surface area contributed by atoms with Crippen molar-refractivity contribution in [1.82, 2.24) is 5.43 Å². The fourth-order valence-corrected chi connectivity index (χ4v) is 2.75. The maximum absolute atomic E-state index is 13.2. The number of rotatable bonds is 4. The van der Waals surface area contributed by atoms with Gasteiger partial charge in [0.2, 0.25) is 0 Å². The summed E-state index contributed by atoms with van der Waals surface area (Å²) in [5.74, 6) is 3.80. The molecular formula is C14H12BrClF2N2. The molecule has 1 atom stereocenters. The fourth-order valence-electron chi connectivity index (χ4n) is 1.95. The maximum atomic E-state index is 13.2. The Morgan fingerprint density at radius 2 is 1.90 bits per heavy atom. The van der Waals surface area contributed by atoms with Gasteiger partial charge in [0.1, 0.15) is 0 Å². The van der Waals surface area contributed by atoms with Crippen LogP contribution in [-0.4, -0.2) is 0 Å². The summed E-state index contributed by atoms with van der Waals surface area (Å²) in [6.07, 6.45) is 0.398. The van der Waals surface area contributed by atoms with Crippen LogP contribution in [0.2, 0.25) is 5.02 Å². The molecule has 2 aromatic carbocycles. The average Bonchev–Trinajstić information content (AvgIpc) is 2.41. The average molecular weight is 362 g/mol. The molecular weight excluding hydrogens is 350 g/mol. The van der Waals surface area contributed by atoms with E-state index < -0.39 is 11.6 Å². The Hall–Kier alpha value is -1.01. The van der Waals surface area contributed by atoms with Gasteiger partial charge < -0.3 is 0 Å². The van der Waals surface area contributed by atoms with Crippen LogP contribution >= 0.6 is 27.5 Å². The summed E-state index contributed by atoms with van der Waals surface area (Å²) in [6.45, 7) is 0. The largest absolute Gasteiger partial charge is 0.271 e. The summed E-state index contributed by atoms with van der Waals surface area (Å²) in [6, 6.07) is 8.92. The molecule has 2 aromatic rings. The second-order valence-electron chi connectivity index (χ2n) is 4.34. The molecule has 6 heteroatoms. The highest BCUT2D eigenvalue weighted by atomic mass is 79.9. The SMILES string of the molecule is NNC(Cc1ccc(F)c(F)c1)c1ccc(Br)cc1Cl. The molecule has 0 bridgehead atoms. The van der Waals surface area contributed by atoms with E-state index >= 15 is 0 Å². The maximum Gasteiger partial charge on any atom is 0.159 e. The van der Waals surface area contributed by atoms with Gasteiger partial charge in [-0.25, -0.2) is 8.78 Å². The van der Waals surface area contributed by atoms with Crippen molar-refractivity contribution < 1.29 is 8.78 Å². The third kappa shape index (κ3) is 3.55. The van der Waals surface area contributed by atoms with E-state index in [4.69, 9.17) is 17.4 Å². The lowest BCUT2D eigenvalue weighted by atomic mass is 9.99. The quantitative estimate of drug-likeness (QED) is 0.635. The Morgan fingerprint density at radius 1 is 1.15 bits per heavy atom. The van der Waals surface area contributed by atoms with Gasteiger partial charge >= 0.3 is 0 Å². The van der Waals surface area contributed by atoms with Crippen molar-refractivity contribution in [3.05, 3.63) is 68.7 Å². The first-order valence-electron chi connectivity index (χ1n) is 5.86. The number of hydrogen-bond donors (Lipinski definition) is 2. The molecule has 0 saturated carbocycles. The second-order valence-corrected chi connectivity index (χ2v) is 5.66. The van der Waals surface area contributed by atoms with E-state index in [1.54, 1.807) is 6.07 Å². The molecule has 0 radical (unpaired) electrons. The molecule has 2 rings (SSSR count). The molecule has 0 aromatic heterocycles. The smallest absolute Gasteiger partial charge is 0.159 e. The van der Waals surface area contributed by atoms with Gasteiger partial charge in [-0.15, -0.1) is 0 Å². The lowest BCUT2D eigenvalue weighted by Crippen LogP contribution is -2.29. The van der Waals surface area contributed by atoms with Crippen molar-refractivity contribution in [2.75, 3.05) is 0 Å². The standard InChI is InChI=1S/C14H12BrClF2N2/c15-9-2-3-10(11(16)7-9)14(20-19)6-8-1-4-12(17)13(18)5-8/h1-5,7,14,20H,6,19H2. The molecule has 0 heterocycles. The normalized spacial score (nSPS) is 12.4. The van der Waals surface area contributed by atoms with E-state index in [-0.39, 0.29) is 6.04 Å². The Kier molecular flexibility index (Phi) is 5.10. The number of hydrogen-bond acceptors (Lipinski definition) is 2. The zero-order valence-corrected chi connectivity index (χ0v) is 12.7. The third-order valence-electron chi connectivity index (χ3n) is 2.96. The van der Waals surface area contributed by atoms with Crippen molar-refractivity contribution >= 4 is 27.5 Å². The number of nitrogens with two attached hydrogens (primary N) is 1. The Bertz CT molecular complexity index is 622. The zero-order valence-electron chi connectivity index (χ0n) is 10.3. The van der Waals surface area contributed by atoms with Gasteiger partial charge in [0, 0.05) is 9.50 Å². The van der Waals surface area contributed by atoms with Crippen LogP contribution in [0.3, 0.4) is 0 Å². The molecule has 0 aliphatic heterocycles. The van der Waals surface area contributed by atoms with Crippen molar-refractivity contribution in [3.63, 3.8) is 0 Å². The number of benzene rings is 2. The van der Waals surface area contributed by atoms with Gasteiger partial charge in [0.15, 0.2) is 11.6 Å². The van der Waals surface area contributed by atoms with Crippen LogP contribution in [0.25, 0.3) is 0 Å². The predicted octanol–water partition coefficient (Wildman–Crippen LogP) is 4.13. The Morgan fingerprint density at radius 3 is 2.50 bits per heavy atom. The van der Waals surface area contributed by atoms with E-state index in [9.17, 15) is 8.78 Å². The van der Waals surface area contributed by atoms with Gasteiger partial charge in [0.25, 0.3) is 0 Å². The van der Waals surface area contributed by atoms with Gasteiger partial charge in [-0.05, 0) is 41.8 Å². The molecule has 3 N–H and O–H groups in total. The Labute approximate surface area is 129 Å². The van der Waals surface area contributed by atoms with Gasteiger partial charge in [-0.3, -0.25) is 11.3 Å². The highest BCUT2D eigenvalue weighted by molar-refractivity contribution is 9.10. The molecule has 0 spiro atoms. The lowest BCUT2D eigenvalue weighted by Gasteiger charge is -2.18. The molecule has 0 amide bonds. The highest BCUT2D eigenvalue weighted by Gasteiger charge is 2.15. The van der Waals surface area contributed by atoms with Crippen LogP contribution in [0.1, 0.15) is 17.2 Å². The number of halogens is 4. The van der Waals surface area contributed by atoms with Crippen LogP contribution in [0.5, 0.6) is 0 Å².